The number of ether oxygens (including phenoxy) is 1. The van der Waals surface area contributed by atoms with Crippen molar-refractivity contribution in [3.05, 3.63) is 36.0 Å². The van der Waals surface area contributed by atoms with Gasteiger partial charge in [0.25, 0.3) is 0 Å². The number of para-hydroxylation sites is 1. The number of esters is 1. The molecule has 0 radical (unpaired) electrons. The van der Waals surface area contributed by atoms with Crippen LogP contribution >= 0.6 is 0 Å². The van der Waals surface area contributed by atoms with Gasteiger partial charge in [0.15, 0.2) is 0 Å². The van der Waals surface area contributed by atoms with Crippen molar-refractivity contribution in [3.8, 4) is 0 Å². The maximum absolute atomic E-state index is 10.6. The van der Waals surface area contributed by atoms with E-state index in [0.29, 0.717) is 6.61 Å². The van der Waals surface area contributed by atoms with Gasteiger partial charge in [-0.3, -0.25) is 4.79 Å². The highest BCUT2D eigenvalue weighted by Gasteiger charge is 2.01. The second-order valence-electron chi connectivity index (χ2n) is 4.51. The number of carbonyl (C=O) groups is 1. The van der Waals surface area contributed by atoms with Crippen molar-refractivity contribution >= 4 is 16.9 Å². The molecule has 1 heterocycles. The molecule has 0 atom stereocenters. The molecule has 2 aromatic rings. The Morgan fingerprint density at radius 3 is 2.94 bits per heavy atom. The van der Waals surface area contributed by atoms with Gasteiger partial charge in [-0.1, -0.05) is 18.2 Å². The third-order valence-corrected chi connectivity index (χ3v) is 3.07. The number of rotatable bonds is 6. The fourth-order valence-electron chi connectivity index (χ4n) is 2.17. The zero-order chi connectivity index (χ0) is 12.8. The van der Waals surface area contributed by atoms with E-state index in [9.17, 15) is 4.79 Å². The maximum Gasteiger partial charge on any atom is 0.302 e. The lowest BCUT2D eigenvalue weighted by Gasteiger charge is -2.04. The number of H-pyrrole nitrogens is 1. The van der Waals surface area contributed by atoms with Crippen LogP contribution in [-0.4, -0.2) is 17.6 Å². The quantitative estimate of drug-likeness (QED) is 0.625. The van der Waals surface area contributed by atoms with E-state index in [0.717, 1.165) is 25.7 Å². The summed E-state index contributed by atoms with van der Waals surface area (Å²) in [5.74, 6) is -0.189. The van der Waals surface area contributed by atoms with Crippen LogP contribution in [0.3, 0.4) is 0 Å². The minimum absolute atomic E-state index is 0.189. The Hall–Kier alpha value is -1.77. The van der Waals surface area contributed by atoms with E-state index in [2.05, 4.69) is 29.2 Å². The number of nitrogens with one attached hydrogen (secondary N) is 1. The van der Waals surface area contributed by atoms with E-state index in [1.807, 2.05) is 6.20 Å². The Morgan fingerprint density at radius 1 is 1.22 bits per heavy atom. The summed E-state index contributed by atoms with van der Waals surface area (Å²) in [6.45, 7) is 1.99. The SMILES string of the molecule is CC(=O)OCCCCCc1cccc2cc[nH]c12. The average molecular weight is 245 g/mol. The molecule has 1 N–H and O–H groups in total. The number of benzene rings is 1. The van der Waals surface area contributed by atoms with E-state index in [1.54, 1.807) is 0 Å². The molecule has 0 unspecified atom stereocenters. The van der Waals surface area contributed by atoms with E-state index >= 15 is 0 Å². The van der Waals surface area contributed by atoms with Crippen molar-refractivity contribution < 1.29 is 9.53 Å². The monoisotopic (exact) mass is 245 g/mol. The molecule has 0 saturated carbocycles. The highest BCUT2D eigenvalue weighted by atomic mass is 16.5. The summed E-state index contributed by atoms with van der Waals surface area (Å²) in [5.41, 5.74) is 2.61. The van der Waals surface area contributed by atoms with Crippen LogP contribution < -0.4 is 0 Å². The smallest absolute Gasteiger partial charge is 0.302 e. The third-order valence-electron chi connectivity index (χ3n) is 3.07. The largest absolute Gasteiger partial charge is 0.466 e. The third kappa shape index (κ3) is 3.36. The highest BCUT2D eigenvalue weighted by Crippen LogP contribution is 2.18. The number of hydrogen-bond acceptors (Lipinski definition) is 2. The molecule has 3 heteroatoms. The number of carbonyl (C=O) groups excluding carboxylic acids is 1. The Morgan fingerprint density at radius 2 is 2.11 bits per heavy atom. The van der Waals surface area contributed by atoms with Crippen LogP contribution in [0.2, 0.25) is 0 Å². The van der Waals surface area contributed by atoms with Gasteiger partial charge in [0.2, 0.25) is 0 Å². The van der Waals surface area contributed by atoms with Crippen molar-refractivity contribution in [2.45, 2.75) is 32.6 Å². The first-order valence-electron chi connectivity index (χ1n) is 6.46. The van der Waals surface area contributed by atoms with Crippen LogP contribution in [0.1, 0.15) is 31.7 Å². The molecule has 96 valence electrons. The minimum Gasteiger partial charge on any atom is -0.466 e. The molecule has 3 nitrogen and oxygen atoms in total. The summed E-state index contributed by atoms with van der Waals surface area (Å²) in [6, 6.07) is 8.49. The van der Waals surface area contributed by atoms with Gasteiger partial charge in [-0.05, 0) is 42.7 Å². The van der Waals surface area contributed by atoms with Crippen molar-refractivity contribution in [2.24, 2.45) is 0 Å². The van der Waals surface area contributed by atoms with Gasteiger partial charge in [0.1, 0.15) is 0 Å². The van der Waals surface area contributed by atoms with Crippen LogP contribution in [0.5, 0.6) is 0 Å². The predicted molar refractivity (Wildman–Crippen MR) is 72.5 cm³/mol. The molecule has 0 aliphatic rings. The van der Waals surface area contributed by atoms with E-state index < -0.39 is 0 Å². The van der Waals surface area contributed by atoms with Gasteiger partial charge in [-0.15, -0.1) is 0 Å². The van der Waals surface area contributed by atoms with Crippen LogP contribution in [0.4, 0.5) is 0 Å². The van der Waals surface area contributed by atoms with Gasteiger partial charge < -0.3 is 9.72 Å². The van der Waals surface area contributed by atoms with Crippen LogP contribution in [0, 0.1) is 0 Å². The Kier molecular flexibility index (Phi) is 4.40. The molecule has 0 saturated heterocycles. The van der Waals surface area contributed by atoms with Gasteiger partial charge in [0, 0.05) is 18.6 Å². The van der Waals surface area contributed by atoms with E-state index in [4.69, 9.17) is 4.74 Å². The van der Waals surface area contributed by atoms with Crippen LogP contribution in [0.25, 0.3) is 10.9 Å². The molecule has 1 aromatic carbocycles. The Labute approximate surface area is 107 Å². The number of hydrogen-bond donors (Lipinski definition) is 1. The summed E-state index contributed by atoms with van der Waals surface area (Å²) in [4.78, 5) is 13.9. The van der Waals surface area contributed by atoms with Gasteiger partial charge in [0.05, 0.1) is 6.61 Å². The average Bonchev–Trinajstić information content (AvgIpc) is 2.82. The number of unbranched alkanes of at least 4 members (excludes halogenated alkanes) is 2. The highest BCUT2D eigenvalue weighted by molar-refractivity contribution is 5.82. The topological polar surface area (TPSA) is 42.1 Å². The van der Waals surface area contributed by atoms with Crippen molar-refractivity contribution in [1.82, 2.24) is 4.98 Å². The van der Waals surface area contributed by atoms with Crippen LogP contribution in [-0.2, 0) is 16.0 Å². The number of aromatic amines is 1. The lowest BCUT2D eigenvalue weighted by atomic mass is 10.0. The van der Waals surface area contributed by atoms with E-state index in [-0.39, 0.29) is 5.97 Å². The fraction of sp³-hybridized carbons (Fsp3) is 0.400. The molecular weight excluding hydrogens is 226 g/mol. The first-order chi connectivity index (χ1) is 8.77. The van der Waals surface area contributed by atoms with Crippen molar-refractivity contribution in [2.75, 3.05) is 6.61 Å². The van der Waals surface area contributed by atoms with E-state index in [1.165, 1.54) is 23.4 Å². The summed E-state index contributed by atoms with van der Waals surface area (Å²) in [5, 5.41) is 1.27. The second kappa shape index (κ2) is 6.24. The zero-order valence-electron chi connectivity index (χ0n) is 10.7. The maximum atomic E-state index is 10.6. The molecular formula is C15H19NO2. The Balaban J connectivity index is 1.76. The Bertz CT molecular complexity index is 516. The standard InChI is InChI=1S/C15H19NO2/c1-12(17)18-11-4-2-3-6-13-7-5-8-14-9-10-16-15(13)14/h5,7-10,16H,2-4,6,11H2,1H3. The van der Waals surface area contributed by atoms with Crippen LogP contribution in [0.15, 0.2) is 30.5 Å². The molecule has 2 rings (SSSR count). The summed E-state index contributed by atoms with van der Waals surface area (Å²) in [7, 11) is 0. The summed E-state index contributed by atoms with van der Waals surface area (Å²) in [6.07, 6.45) is 6.21. The zero-order valence-corrected chi connectivity index (χ0v) is 10.7. The molecule has 0 aliphatic carbocycles. The van der Waals surface area contributed by atoms with Gasteiger partial charge >= 0.3 is 5.97 Å². The molecule has 0 spiro atoms. The number of fused-ring (bicyclic) bond motifs is 1. The molecule has 0 aliphatic heterocycles. The van der Waals surface area contributed by atoms with Crippen molar-refractivity contribution in [1.29, 1.82) is 0 Å². The van der Waals surface area contributed by atoms with Gasteiger partial charge in [-0.2, -0.15) is 0 Å². The first kappa shape index (κ1) is 12.7. The molecule has 1 aromatic heterocycles. The molecule has 18 heavy (non-hydrogen) atoms. The summed E-state index contributed by atoms with van der Waals surface area (Å²) >= 11 is 0. The first-order valence-corrected chi connectivity index (χ1v) is 6.46. The lowest BCUT2D eigenvalue weighted by Crippen LogP contribution is -2.00. The molecule has 0 amide bonds. The minimum atomic E-state index is -0.189. The predicted octanol–water partition coefficient (Wildman–Crippen LogP) is 3.44. The number of aryl methyl sites for hydroxylation is 1. The number of aromatic nitrogens is 1. The second-order valence-corrected chi connectivity index (χ2v) is 4.51. The lowest BCUT2D eigenvalue weighted by molar-refractivity contribution is -0.141. The van der Waals surface area contributed by atoms with Gasteiger partial charge in [-0.25, -0.2) is 0 Å². The fourth-order valence-corrected chi connectivity index (χ4v) is 2.17. The molecule has 0 bridgehead atoms. The normalized spacial score (nSPS) is 10.7. The summed E-state index contributed by atoms with van der Waals surface area (Å²) < 4.78 is 4.91. The molecule has 0 fully saturated rings. The van der Waals surface area contributed by atoms with Crippen molar-refractivity contribution in [3.63, 3.8) is 0 Å².